The van der Waals surface area contributed by atoms with Crippen LogP contribution in [0.15, 0.2) is 35.2 Å². The van der Waals surface area contributed by atoms with Crippen molar-refractivity contribution in [1.29, 1.82) is 0 Å². The average molecular weight is 313 g/mol. The molecule has 0 saturated carbocycles. The molecule has 0 spiro atoms. The van der Waals surface area contributed by atoms with Gasteiger partial charge in [0.15, 0.2) is 0 Å². The summed E-state index contributed by atoms with van der Waals surface area (Å²) in [6.45, 7) is 2.01. The van der Waals surface area contributed by atoms with Crippen molar-refractivity contribution in [3.63, 3.8) is 0 Å². The molecule has 0 radical (unpaired) electrons. The minimum atomic E-state index is -3.64. The van der Waals surface area contributed by atoms with E-state index in [0.717, 1.165) is 6.08 Å². The third-order valence-electron chi connectivity index (χ3n) is 2.76. The molecule has 0 aliphatic rings. The SMILES string of the molecule is CCCN(CCO)S(=O)(=O)c1ccc(/C=C/C(=O)O)cc1. The second kappa shape index (κ2) is 7.92. The molecule has 0 fully saturated rings. The first kappa shape index (κ1) is 17.4. The zero-order chi connectivity index (χ0) is 15.9. The molecule has 1 aromatic carbocycles. The van der Waals surface area contributed by atoms with Gasteiger partial charge in [0.05, 0.1) is 11.5 Å². The molecule has 0 aromatic heterocycles. The Balaban J connectivity index is 3.00. The molecule has 21 heavy (non-hydrogen) atoms. The number of nitrogens with zero attached hydrogens (tertiary/aromatic N) is 1. The normalized spacial score (nSPS) is 12.1. The Morgan fingerprint density at radius 1 is 1.24 bits per heavy atom. The van der Waals surface area contributed by atoms with Crippen molar-refractivity contribution in [3.8, 4) is 0 Å². The number of carboxylic acid groups (broad SMARTS) is 1. The molecule has 116 valence electrons. The topological polar surface area (TPSA) is 94.9 Å². The van der Waals surface area contributed by atoms with Crippen LogP contribution in [0.3, 0.4) is 0 Å². The van der Waals surface area contributed by atoms with E-state index in [1.807, 2.05) is 6.92 Å². The van der Waals surface area contributed by atoms with Crippen LogP contribution in [0.5, 0.6) is 0 Å². The molecular formula is C14H19NO5S. The minimum Gasteiger partial charge on any atom is -0.478 e. The van der Waals surface area contributed by atoms with Gasteiger partial charge in [-0.25, -0.2) is 13.2 Å². The third kappa shape index (κ3) is 4.96. The van der Waals surface area contributed by atoms with E-state index in [-0.39, 0.29) is 18.0 Å². The van der Waals surface area contributed by atoms with Crippen molar-refractivity contribution in [2.75, 3.05) is 19.7 Å². The highest BCUT2D eigenvalue weighted by Gasteiger charge is 2.22. The van der Waals surface area contributed by atoms with Crippen LogP contribution in [0.4, 0.5) is 0 Å². The minimum absolute atomic E-state index is 0.0524. The van der Waals surface area contributed by atoms with Gasteiger partial charge in [0, 0.05) is 19.2 Å². The zero-order valence-electron chi connectivity index (χ0n) is 11.8. The fourth-order valence-corrected chi connectivity index (χ4v) is 3.30. The summed E-state index contributed by atoms with van der Waals surface area (Å²) in [7, 11) is -3.64. The Hall–Kier alpha value is -1.70. The Morgan fingerprint density at radius 3 is 2.33 bits per heavy atom. The number of aliphatic hydroxyl groups excluding tert-OH is 1. The van der Waals surface area contributed by atoms with E-state index in [0.29, 0.717) is 18.5 Å². The molecule has 1 rings (SSSR count). The van der Waals surface area contributed by atoms with Crippen LogP contribution in [-0.4, -0.2) is 48.6 Å². The molecule has 2 N–H and O–H groups in total. The Bertz CT molecular complexity index is 586. The number of carboxylic acids is 1. The third-order valence-corrected chi connectivity index (χ3v) is 4.67. The molecule has 7 heteroatoms. The maximum absolute atomic E-state index is 12.4. The van der Waals surface area contributed by atoms with E-state index < -0.39 is 16.0 Å². The van der Waals surface area contributed by atoms with Gasteiger partial charge >= 0.3 is 5.97 Å². The number of aliphatic hydroxyl groups is 1. The van der Waals surface area contributed by atoms with E-state index in [1.54, 1.807) is 0 Å². The van der Waals surface area contributed by atoms with Gasteiger partial charge in [0.1, 0.15) is 0 Å². The predicted molar refractivity (Wildman–Crippen MR) is 79.2 cm³/mol. The summed E-state index contributed by atoms with van der Waals surface area (Å²) in [6, 6.07) is 5.93. The van der Waals surface area contributed by atoms with Gasteiger partial charge in [-0.05, 0) is 30.2 Å². The first-order valence-corrected chi connectivity index (χ1v) is 7.98. The lowest BCUT2D eigenvalue weighted by Gasteiger charge is -2.20. The number of hydrogen-bond acceptors (Lipinski definition) is 4. The Labute approximate surface area is 124 Å². The van der Waals surface area contributed by atoms with Crippen LogP contribution < -0.4 is 0 Å². The first-order chi connectivity index (χ1) is 9.91. The number of hydrogen-bond donors (Lipinski definition) is 2. The number of sulfonamides is 1. The smallest absolute Gasteiger partial charge is 0.328 e. The highest BCUT2D eigenvalue weighted by molar-refractivity contribution is 7.89. The molecule has 0 saturated heterocycles. The second-order valence-electron chi connectivity index (χ2n) is 4.37. The fourth-order valence-electron chi connectivity index (χ4n) is 1.78. The van der Waals surface area contributed by atoms with Crippen LogP contribution in [0, 0.1) is 0 Å². The Morgan fingerprint density at radius 2 is 1.86 bits per heavy atom. The van der Waals surface area contributed by atoms with Crippen molar-refractivity contribution in [1.82, 2.24) is 4.31 Å². The van der Waals surface area contributed by atoms with E-state index >= 15 is 0 Å². The van der Waals surface area contributed by atoms with Crippen molar-refractivity contribution < 1.29 is 23.4 Å². The molecule has 1 aromatic rings. The van der Waals surface area contributed by atoms with Crippen LogP contribution >= 0.6 is 0 Å². The van der Waals surface area contributed by atoms with Crippen LogP contribution in [-0.2, 0) is 14.8 Å². The van der Waals surface area contributed by atoms with Crippen molar-refractivity contribution in [3.05, 3.63) is 35.9 Å². The van der Waals surface area contributed by atoms with E-state index in [9.17, 15) is 13.2 Å². The second-order valence-corrected chi connectivity index (χ2v) is 6.31. The maximum Gasteiger partial charge on any atom is 0.328 e. The maximum atomic E-state index is 12.4. The molecule has 0 heterocycles. The lowest BCUT2D eigenvalue weighted by atomic mass is 10.2. The summed E-state index contributed by atoms with van der Waals surface area (Å²) in [5.74, 6) is -1.07. The van der Waals surface area contributed by atoms with Gasteiger partial charge in [0.2, 0.25) is 10.0 Å². The number of carbonyl (C=O) groups is 1. The predicted octanol–water partition coefficient (Wildman–Crippen LogP) is 1.18. The van der Waals surface area contributed by atoms with Gasteiger partial charge in [-0.3, -0.25) is 0 Å². The summed E-state index contributed by atoms with van der Waals surface area (Å²) in [4.78, 5) is 10.5. The van der Waals surface area contributed by atoms with Crippen molar-refractivity contribution >= 4 is 22.1 Å². The number of aliphatic carboxylic acids is 1. The standard InChI is InChI=1S/C14H19NO5S/c1-2-9-15(10-11-16)21(19,20)13-6-3-12(4-7-13)5-8-14(17)18/h3-8,16H,2,9-11H2,1H3,(H,17,18)/b8-5+. The van der Waals surface area contributed by atoms with E-state index in [1.165, 1.54) is 34.6 Å². The van der Waals surface area contributed by atoms with Gasteiger partial charge in [-0.1, -0.05) is 19.1 Å². The molecule has 0 aliphatic carbocycles. The van der Waals surface area contributed by atoms with E-state index in [2.05, 4.69) is 0 Å². The van der Waals surface area contributed by atoms with Crippen molar-refractivity contribution in [2.24, 2.45) is 0 Å². The van der Waals surface area contributed by atoms with Gasteiger partial charge in [-0.2, -0.15) is 4.31 Å². The summed E-state index contributed by atoms with van der Waals surface area (Å²) in [5, 5.41) is 17.5. The van der Waals surface area contributed by atoms with Crippen LogP contribution in [0.25, 0.3) is 6.08 Å². The van der Waals surface area contributed by atoms with Gasteiger partial charge < -0.3 is 10.2 Å². The van der Waals surface area contributed by atoms with Crippen molar-refractivity contribution in [2.45, 2.75) is 18.2 Å². The molecule has 0 aliphatic heterocycles. The fraction of sp³-hybridized carbons (Fsp3) is 0.357. The van der Waals surface area contributed by atoms with E-state index in [4.69, 9.17) is 10.2 Å². The largest absolute Gasteiger partial charge is 0.478 e. The molecule has 0 unspecified atom stereocenters. The van der Waals surface area contributed by atoms with Crippen LogP contribution in [0.2, 0.25) is 0 Å². The lowest BCUT2D eigenvalue weighted by molar-refractivity contribution is -0.131. The highest BCUT2D eigenvalue weighted by atomic mass is 32.2. The summed E-state index contributed by atoms with van der Waals surface area (Å²) in [6.07, 6.45) is 3.02. The number of benzene rings is 1. The van der Waals surface area contributed by atoms with Gasteiger partial charge in [-0.15, -0.1) is 0 Å². The quantitative estimate of drug-likeness (QED) is 0.703. The molecule has 0 atom stereocenters. The summed E-state index contributed by atoms with van der Waals surface area (Å²) >= 11 is 0. The van der Waals surface area contributed by atoms with Gasteiger partial charge in [0.25, 0.3) is 0 Å². The summed E-state index contributed by atoms with van der Waals surface area (Å²) in [5.41, 5.74) is 0.598. The lowest BCUT2D eigenvalue weighted by Crippen LogP contribution is -2.34. The summed E-state index contributed by atoms with van der Waals surface area (Å²) < 4.78 is 26.0. The molecular weight excluding hydrogens is 294 g/mol. The Kier molecular flexibility index (Phi) is 6.54. The average Bonchev–Trinajstić information content (AvgIpc) is 2.45. The molecule has 6 nitrogen and oxygen atoms in total. The molecule has 0 bridgehead atoms. The monoisotopic (exact) mass is 313 g/mol. The number of rotatable bonds is 8. The zero-order valence-corrected chi connectivity index (χ0v) is 12.6. The van der Waals surface area contributed by atoms with Crippen LogP contribution in [0.1, 0.15) is 18.9 Å². The molecule has 0 amide bonds. The highest BCUT2D eigenvalue weighted by Crippen LogP contribution is 2.17. The first-order valence-electron chi connectivity index (χ1n) is 6.54.